The maximum Gasteiger partial charge on any atom is 0.330 e. The third-order valence-electron chi connectivity index (χ3n) is 3.24. The molecule has 1 rings (SSSR count). The fourth-order valence-corrected chi connectivity index (χ4v) is 3.11. The summed E-state index contributed by atoms with van der Waals surface area (Å²) < 4.78 is 28.7. The second kappa shape index (κ2) is 5.15. The Morgan fingerprint density at radius 3 is 2.25 bits per heavy atom. The quantitative estimate of drug-likeness (QED) is 0.701. The minimum absolute atomic E-state index is 0.464. The zero-order valence-electron chi connectivity index (χ0n) is 12.2. The predicted octanol–water partition coefficient (Wildman–Crippen LogP) is -1.51. The van der Waals surface area contributed by atoms with Crippen molar-refractivity contribution in [3.8, 4) is 0 Å². The van der Waals surface area contributed by atoms with Gasteiger partial charge in [0.2, 0.25) is 10.0 Å². The van der Waals surface area contributed by atoms with E-state index in [0.29, 0.717) is 0 Å². The van der Waals surface area contributed by atoms with Crippen molar-refractivity contribution in [2.75, 3.05) is 0 Å². The summed E-state index contributed by atoms with van der Waals surface area (Å²) in [7, 11) is -1.48. The lowest BCUT2D eigenvalue weighted by Gasteiger charge is -2.29. The molecule has 8 nitrogen and oxygen atoms in total. The third-order valence-corrected chi connectivity index (χ3v) is 4.89. The van der Waals surface area contributed by atoms with Gasteiger partial charge in [-0.05, 0) is 20.8 Å². The number of nitrogens with zero attached hydrogens (tertiary/aromatic N) is 2. The largest absolute Gasteiger partial charge is 0.330 e. The average molecular weight is 304 g/mol. The van der Waals surface area contributed by atoms with E-state index in [0.717, 1.165) is 15.3 Å². The van der Waals surface area contributed by atoms with Gasteiger partial charge >= 0.3 is 5.69 Å². The van der Waals surface area contributed by atoms with Crippen LogP contribution in [0.25, 0.3) is 0 Å². The smallest absolute Gasteiger partial charge is 0.326 e. The topological polar surface area (TPSA) is 116 Å². The molecule has 0 radical (unpaired) electrons. The Morgan fingerprint density at radius 1 is 1.30 bits per heavy atom. The van der Waals surface area contributed by atoms with E-state index in [4.69, 9.17) is 5.73 Å². The fraction of sp³-hybridized carbons (Fsp3) is 0.636. The first kappa shape index (κ1) is 16.6. The van der Waals surface area contributed by atoms with Crippen molar-refractivity contribution in [3.05, 3.63) is 27.0 Å². The third kappa shape index (κ3) is 3.00. The van der Waals surface area contributed by atoms with Crippen LogP contribution in [0.3, 0.4) is 0 Å². The Bertz CT molecular complexity index is 728. The molecule has 0 saturated heterocycles. The van der Waals surface area contributed by atoms with E-state index in [1.807, 2.05) is 0 Å². The van der Waals surface area contributed by atoms with Gasteiger partial charge in [0.15, 0.2) is 4.90 Å². The SMILES string of the molecule is CC(N)C(C)(C)NS(=O)(=O)c1cn(C)c(=O)n(C)c1=O. The summed E-state index contributed by atoms with van der Waals surface area (Å²) in [5.41, 5.74) is 3.31. The van der Waals surface area contributed by atoms with Crippen LogP contribution in [0.1, 0.15) is 20.8 Å². The molecule has 0 aromatic carbocycles. The molecular weight excluding hydrogens is 284 g/mol. The number of nitrogens with one attached hydrogen (secondary N) is 1. The normalized spacial score (nSPS) is 14.3. The minimum atomic E-state index is -4.08. The van der Waals surface area contributed by atoms with Gasteiger partial charge < -0.3 is 10.3 Å². The molecule has 114 valence electrons. The van der Waals surface area contributed by atoms with E-state index in [1.165, 1.54) is 14.1 Å². The molecule has 0 aliphatic rings. The molecule has 0 amide bonds. The summed E-state index contributed by atoms with van der Waals surface area (Å²) in [6.45, 7) is 4.88. The van der Waals surface area contributed by atoms with Crippen LogP contribution >= 0.6 is 0 Å². The second-order valence-electron chi connectivity index (χ2n) is 5.37. The first-order valence-corrected chi connectivity index (χ1v) is 7.44. The Balaban J connectivity index is 3.46. The predicted molar refractivity (Wildman–Crippen MR) is 75.0 cm³/mol. The molecule has 0 spiro atoms. The number of aryl methyl sites for hydroxylation is 1. The number of aromatic nitrogens is 2. The number of nitrogens with two attached hydrogens (primary N) is 1. The van der Waals surface area contributed by atoms with Crippen LogP contribution < -0.4 is 21.7 Å². The van der Waals surface area contributed by atoms with E-state index < -0.39 is 37.7 Å². The van der Waals surface area contributed by atoms with Crippen molar-refractivity contribution in [2.45, 2.75) is 37.2 Å². The van der Waals surface area contributed by atoms with Gasteiger partial charge in [-0.2, -0.15) is 0 Å². The highest BCUT2D eigenvalue weighted by Gasteiger charge is 2.31. The summed E-state index contributed by atoms with van der Waals surface area (Å²) in [6, 6.07) is -0.464. The van der Waals surface area contributed by atoms with Crippen LogP contribution in [0.5, 0.6) is 0 Å². The van der Waals surface area contributed by atoms with Crippen LogP contribution in [-0.4, -0.2) is 29.1 Å². The summed E-state index contributed by atoms with van der Waals surface area (Å²) >= 11 is 0. The molecule has 1 atom stereocenters. The van der Waals surface area contributed by atoms with Crippen LogP contribution in [0, 0.1) is 0 Å². The van der Waals surface area contributed by atoms with Crippen LogP contribution in [-0.2, 0) is 24.1 Å². The highest BCUT2D eigenvalue weighted by atomic mass is 32.2. The fourth-order valence-electron chi connectivity index (χ4n) is 1.45. The van der Waals surface area contributed by atoms with Gasteiger partial charge in [0.25, 0.3) is 5.56 Å². The standard InChI is InChI=1S/C11H20N4O4S/c1-7(12)11(2,3)13-20(18,19)8-6-14(4)10(17)15(5)9(8)16/h6-7,13H,12H2,1-5H3. The van der Waals surface area contributed by atoms with Crippen LogP contribution in [0.15, 0.2) is 20.7 Å². The van der Waals surface area contributed by atoms with Gasteiger partial charge in [-0.1, -0.05) is 0 Å². The molecule has 0 aliphatic carbocycles. The lowest BCUT2D eigenvalue weighted by molar-refractivity contribution is 0.387. The molecule has 1 aromatic rings. The molecule has 1 aromatic heterocycles. The molecule has 0 bridgehead atoms. The van der Waals surface area contributed by atoms with E-state index >= 15 is 0 Å². The molecule has 0 fully saturated rings. The maximum atomic E-state index is 12.3. The number of hydrogen-bond donors (Lipinski definition) is 2. The molecule has 0 saturated carbocycles. The van der Waals surface area contributed by atoms with Crippen molar-refractivity contribution in [1.29, 1.82) is 0 Å². The lowest BCUT2D eigenvalue weighted by atomic mass is 9.99. The lowest BCUT2D eigenvalue weighted by Crippen LogP contribution is -2.55. The van der Waals surface area contributed by atoms with Gasteiger partial charge in [0.1, 0.15) is 0 Å². The van der Waals surface area contributed by atoms with Crippen molar-refractivity contribution >= 4 is 10.0 Å². The Morgan fingerprint density at radius 2 is 1.80 bits per heavy atom. The van der Waals surface area contributed by atoms with Crippen molar-refractivity contribution < 1.29 is 8.42 Å². The first-order valence-electron chi connectivity index (χ1n) is 5.96. The molecule has 3 N–H and O–H groups in total. The van der Waals surface area contributed by atoms with Crippen LogP contribution in [0.4, 0.5) is 0 Å². The average Bonchev–Trinajstić information content (AvgIpc) is 2.29. The van der Waals surface area contributed by atoms with Crippen molar-refractivity contribution in [1.82, 2.24) is 13.9 Å². The number of sulfonamides is 1. The molecule has 1 heterocycles. The first-order chi connectivity index (χ1) is 8.90. The van der Waals surface area contributed by atoms with E-state index in [-0.39, 0.29) is 0 Å². The summed E-state index contributed by atoms with van der Waals surface area (Å²) in [6.07, 6.45) is 1.00. The second-order valence-corrected chi connectivity index (χ2v) is 7.02. The Hall–Kier alpha value is -1.45. The number of hydrogen-bond acceptors (Lipinski definition) is 5. The number of rotatable bonds is 4. The monoisotopic (exact) mass is 304 g/mol. The van der Waals surface area contributed by atoms with Crippen molar-refractivity contribution in [3.63, 3.8) is 0 Å². The zero-order chi connectivity index (χ0) is 15.9. The van der Waals surface area contributed by atoms with E-state index in [2.05, 4.69) is 4.72 Å². The van der Waals surface area contributed by atoms with Gasteiger partial charge in [-0.15, -0.1) is 0 Å². The summed E-state index contributed by atoms with van der Waals surface area (Å²) in [5, 5.41) is 0. The Labute approximate surface area is 117 Å². The van der Waals surface area contributed by atoms with Crippen LogP contribution in [0.2, 0.25) is 0 Å². The maximum absolute atomic E-state index is 12.3. The molecule has 20 heavy (non-hydrogen) atoms. The van der Waals surface area contributed by atoms with Gasteiger partial charge in [0.05, 0.1) is 0 Å². The van der Waals surface area contributed by atoms with Gasteiger partial charge in [-0.25, -0.2) is 17.9 Å². The Kier molecular flexibility index (Phi) is 4.28. The highest BCUT2D eigenvalue weighted by molar-refractivity contribution is 7.89. The van der Waals surface area contributed by atoms with Gasteiger partial charge in [-0.3, -0.25) is 9.36 Å². The molecule has 9 heteroatoms. The van der Waals surface area contributed by atoms with Gasteiger partial charge in [0, 0.05) is 31.9 Å². The molecule has 0 aliphatic heterocycles. The summed E-state index contributed by atoms with van der Waals surface area (Å²) in [4.78, 5) is 23.0. The molecular formula is C11H20N4O4S. The minimum Gasteiger partial charge on any atom is -0.326 e. The van der Waals surface area contributed by atoms with E-state index in [1.54, 1.807) is 20.8 Å². The summed E-state index contributed by atoms with van der Waals surface area (Å²) in [5.74, 6) is 0. The molecule has 1 unspecified atom stereocenters. The highest BCUT2D eigenvalue weighted by Crippen LogP contribution is 2.11. The van der Waals surface area contributed by atoms with E-state index in [9.17, 15) is 18.0 Å². The van der Waals surface area contributed by atoms with Crippen molar-refractivity contribution in [2.24, 2.45) is 19.8 Å². The zero-order valence-corrected chi connectivity index (χ0v) is 13.0.